The Labute approximate surface area is 158 Å². The molecule has 1 saturated carbocycles. The number of hydrogen-bond donors (Lipinski definition) is 1. The van der Waals surface area contributed by atoms with Crippen LogP contribution in [0.25, 0.3) is 0 Å². The zero-order valence-corrected chi connectivity index (χ0v) is 16.4. The number of amides is 1. The van der Waals surface area contributed by atoms with Crippen LogP contribution >= 0.6 is 0 Å². The zero-order chi connectivity index (χ0) is 20.9. The van der Waals surface area contributed by atoms with Crippen molar-refractivity contribution in [3.63, 3.8) is 0 Å². The number of ether oxygens (including phenoxy) is 2. The van der Waals surface area contributed by atoms with Crippen molar-refractivity contribution in [1.29, 1.82) is 0 Å². The van der Waals surface area contributed by atoms with Gasteiger partial charge in [0.05, 0.1) is 7.11 Å². The Morgan fingerprint density at radius 2 is 1.96 bits per heavy atom. The van der Waals surface area contributed by atoms with Gasteiger partial charge in [0.2, 0.25) is 5.60 Å². The van der Waals surface area contributed by atoms with Crippen molar-refractivity contribution in [1.82, 2.24) is 5.32 Å². The highest BCUT2D eigenvalue weighted by atomic mass is 19.4. The Bertz CT molecular complexity index is 542. The van der Waals surface area contributed by atoms with Gasteiger partial charge in [0.25, 0.3) is 0 Å². The summed E-state index contributed by atoms with van der Waals surface area (Å²) in [4.78, 5) is 24.3. The maximum absolute atomic E-state index is 13.9. The molecule has 0 spiro atoms. The fourth-order valence-electron chi connectivity index (χ4n) is 3.56. The van der Waals surface area contributed by atoms with E-state index in [1.54, 1.807) is 26.8 Å². The quantitative estimate of drug-likeness (QED) is 0.385. The average Bonchev–Trinajstić information content (AvgIpc) is 2.95. The highest BCUT2D eigenvalue weighted by molar-refractivity contribution is 5.82. The molecule has 8 heteroatoms. The van der Waals surface area contributed by atoms with Crippen LogP contribution in [0, 0.1) is 11.3 Å². The van der Waals surface area contributed by atoms with Crippen LogP contribution in [0.3, 0.4) is 0 Å². The van der Waals surface area contributed by atoms with E-state index in [9.17, 15) is 22.8 Å². The van der Waals surface area contributed by atoms with E-state index in [1.807, 2.05) is 0 Å². The first-order valence-electron chi connectivity index (χ1n) is 9.14. The van der Waals surface area contributed by atoms with E-state index in [-0.39, 0.29) is 6.42 Å². The molecule has 1 aliphatic rings. The molecule has 5 nitrogen and oxygen atoms in total. The number of allylic oxidation sites excluding steroid dienone is 1. The summed E-state index contributed by atoms with van der Waals surface area (Å²) in [6, 6.07) is -1.12. The Kier molecular flexibility index (Phi) is 7.75. The summed E-state index contributed by atoms with van der Waals surface area (Å²) in [5, 5.41) is 2.27. The predicted octanol–water partition coefficient (Wildman–Crippen LogP) is 4.76. The largest absolute Gasteiger partial charge is 0.467 e. The molecule has 0 aromatic carbocycles. The fourth-order valence-corrected chi connectivity index (χ4v) is 3.56. The van der Waals surface area contributed by atoms with E-state index in [0.29, 0.717) is 32.1 Å². The molecular weight excluding hydrogens is 363 g/mol. The molecule has 0 radical (unpaired) electrons. The summed E-state index contributed by atoms with van der Waals surface area (Å²) in [5.74, 6) is -1.55. The van der Waals surface area contributed by atoms with E-state index >= 15 is 0 Å². The molecule has 1 amide bonds. The highest BCUT2D eigenvalue weighted by Gasteiger charge is 2.64. The van der Waals surface area contributed by atoms with Crippen molar-refractivity contribution < 1.29 is 32.2 Å². The van der Waals surface area contributed by atoms with Crippen LogP contribution < -0.4 is 5.32 Å². The van der Waals surface area contributed by atoms with Gasteiger partial charge in [-0.05, 0) is 43.9 Å². The van der Waals surface area contributed by atoms with Gasteiger partial charge in [-0.3, -0.25) is 0 Å². The van der Waals surface area contributed by atoms with Crippen LogP contribution in [-0.2, 0) is 14.3 Å². The van der Waals surface area contributed by atoms with Gasteiger partial charge in [0.1, 0.15) is 6.04 Å². The molecule has 3 atom stereocenters. The number of nitrogens with one attached hydrogen (secondary N) is 1. The molecule has 0 aromatic rings. The van der Waals surface area contributed by atoms with Gasteiger partial charge in [-0.25, -0.2) is 9.59 Å². The summed E-state index contributed by atoms with van der Waals surface area (Å²) in [6.45, 7) is 8.58. The van der Waals surface area contributed by atoms with Crippen LogP contribution in [0.1, 0.15) is 59.3 Å². The minimum Gasteiger partial charge on any atom is -0.467 e. The zero-order valence-electron chi connectivity index (χ0n) is 16.4. The normalized spacial score (nSPS) is 24.2. The van der Waals surface area contributed by atoms with Gasteiger partial charge in [0.15, 0.2) is 0 Å². The van der Waals surface area contributed by atoms with E-state index < -0.39 is 41.2 Å². The Morgan fingerprint density at radius 3 is 2.44 bits per heavy atom. The molecule has 1 rings (SSSR count). The second-order valence-electron chi connectivity index (χ2n) is 8.05. The summed E-state index contributed by atoms with van der Waals surface area (Å²) in [7, 11) is 1.15. The molecule has 27 heavy (non-hydrogen) atoms. The number of rotatable bonds is 7. The summed E-state index contributed by atoms with van der Waals surface area (Å²) < 4.78 is 51.4. The van der Waals surface area contributed by atoms with Gasteiger partial charge in [-0.15, -0.1) is 6.58 Å². The summed E-state index contributed by atoms with van der Waals surface area (Å²) in [5.41, 5.74) is -3.28. The molecule has 0 heterocycles. The summed E-state index contributed by atoms with van der Waals surface area (Å²) in [6.07, 6.45) is -2.47. The Hall–Kier alpha value is -1.73. The lowest BCUT2D eigenvalue weighted by molar-refractivity contribution is -0.271. The first-order chi connectivity index (χ1) is 12.4. The van der Waals surface area contributed by atoms with E-state index in [2.05, 4.69) is 16.6 Å². The van der Waals surface area contributed by atoms with Crippen LogP contribution in [0.2, 0.25) is 0 Å². The monoisotopic (exact) mass is 393 g/mol. The maximum Gasteiger partial charge on any atom is 0.428 e. The van der Waals surface area contributed by atoms with Crippen molar-refractivity contribution in [2.45, 2.75) is 77.1 Å². The molecule has 0 aromatic heterocycles. The molecule has 156 valence electrons. The third kappa shape index (κ3) is 5.62. The fraction of sp³-hybridized carbons (Fsp3) is 0.789. The molecule has 0 aliphatic heterocycles. The van der Waals surface area contributed by atoms with Crippen molar-refractivity contribution >= 4 is 12.1 Å². The maximum atomic E-state index is 13.9. The highest BCUT2D eigenvalue weighted by Crippen LogP contribution is 2.51. The molecule has 3 unspecified atom stereocenters. The van der Waals surface area contributed by atoms with Gasteiger partial charge in [-0.2, -0.15) is 13.2 Å². The second-order valence-corrected chi connectivity index (χ2v) is 8.05. The smallest absolute Gasteiger partial charge is 0.428 e. The van der Waals surface area contributed by atoms with Crippen molar-refractivity contribution in [3.8, 4) is 0 Å². The predicted molar refractivity (Wildman–Crippen MR) is 95.1 cm³/mol. The number of carbonyl (C=O) groups excluding carboxylic acids is 2. The Balaban J connectivity index is 3.01. The van der Waals surface area contributed by atoms with Gasteiger partial charge in [0, 0.05) is 5.92 Å². The first-order valence-corrected chi connectivity index (χ1v) is 9.14. The molecule has 1 fully saturated rings. The number of unbranched alkanes of at least 4 members (excludes halogenated alkanes) is 1. The van der Waals surface area contributed by atoms with E-state index in [0.717, 1.165) is 7.11 Å². The van der Waals surface area contributed by atoms with E-state index in [4.69, 9.17) is 4.74 Å². The number of alkyl carbamates (subject to hydrolysis) is 1. The lowest BCUT2D eigenvalue weighted by Gasteiger charge is -2.38. The SMILES string of the molecule is C=CCCCC1CCCC1(OC(=O)NC(C(=O)OC)C(C)(C)C)C(F)(F)F. The van der Waals surface area contributed by atoms with Gasteiger partial charge >= 0.3 is 18.2 Å². The average molecular weight is 393 g/mol. The van der Waals surface area contributed by atoms with Gasteiger partial charge in [-0.1, -0.05) is 26.8 Å². The molecule has 0 bridgehead atoms. The summed E-state index contributed by atoms with van der Waals surface area (Å²) >= 11 is 0. The number of alkyl halides is 3. The molecular formula is C19H30F3NO4. The number of esters is 1. The van der Waals surface area contributed by atoms with Crippen molar-refractivity contribution in [2.75, 3.05) is 7.11 Å². The molecule has 1 aliphatic carbocycles. The number of carbonyl (C=O) groups is 2. The molecule has 1 N–H and O–H groups in total. The van der Waals surface area contributed by atoms with Crippen molar-refractivity contribution in [3.05, 3.63) is 12.7 Å². The Morgan fingerprint density at radius 1 is 1.33 bits per heavy atom. The van der Waals surface area contributed by atoms with Crippen LogP contribution in [0.4, 0.5) is 18.0 Å². The van der Waals surface area contributed by atoms with Crippen LogP contribution in [0.15, 0.2) is 12.7 Å². The number of methoxy groups -OCH3 is 1. The minimum absolute atomic E-state index is 0.277. The lowest BCUT2D eigenvalue weighted by atomic mass is 9.85. The second kappa shape index (κ2) is 8.97. The third-order valence-corrected chi connectivity index (χ3v) is 5.04. The van der Waals surface area contributed by atoms with Crippen LogP contribution in [0.5, 0.6) is 0 Å². The van der Waals surface area contributed by atoms with E-state index in [1.165, 1.54) is 0 Å². The number of halogens is 3. The van der Waals surface area contributed by atoms with Crippen LogP contribution in [-0.4, -0.2) is 37.0 Å². The van der Waals surface area contributed by atoms with Gasteiger partial charge < -0.3 is 14.8 Å². The topological polar surface area (TPSA) is 64.6 Å². The standard InChI is InChI=1S/C19H30F3NO4/c1-6-7-8-10-13-11-9-12-18(13,19(20,21)22)27-16(25)23-14(15(24)26-5)17(2,3)4/h6,13-14H,1,7-12H2,2-5H3,(H,23,25). The van der Waals surface area contributed by atoms with Crippen molar-refractivity contribution in [2.24, 2.45) is 11.3 Å². The first kappa shape index (κ1) is 23.3. The molecule has 0 saturated heterocycles. The third-order valence-electron chi connectivity index (χ3n) is 5.04. The minimum atomic E-state index is -4.69. The lowest BCUT2D eigenvalue weighted by Crippen LogP contribution is -2.56. The number of hydrogen-bond acceptors (Lipinski definition) is 4.